The van der Waals surface area contributed by atoms with Crippen LogP contribution in [-0.4, -0.2) is 56.0 Å². The first kappa shape index (κ1) is 35.4. The molecule has 4 fully saturated rings. The van der Waals surface area contributed by atoms with Crippen molar-refractivity contribution in [3.63, 3.8) is 0 Å². The predicted octanol–water partition coefficient (Wildman–Crippen LogP) is 9.10. The van der Waals surface area contributed by atoms with E-state index in [1.54, 1.807) is 0 Å². The van der Waals surface area contributed by atoms with Gasteiger partial charge in [0.1, 0.15) is 0 Å². The van der Waals surface area contributed by atoms with Gasteiger partial charge in [-0.05, 0) is 151 Å². The zero-order valence-corrected chi connectivity index (χ0v) is 33.0. The Morgan fingerprint density at radius 3 is 2.14 bits per heavy atom. The van der Waals surface area contributed by atoms with E-state index in [-0.39, 0.29) is 16.8 Å². The fourth-order valence-corrected chi connectivity index (χ4v) is 12.8. The number of carbonyl (C=O) groups excluding carboxylic acids is 1. The molecule has 0 bridgehead atoms. The molecule has 4 rings (SSSR count). The highest BCUT2D eigenvalue weighted by atomic mass is 28.4. The summed E-state index contributed by atoms with van der Waals surface area (Å²) in [4.78, 5) is 12.1. The van der Waals surface area contributed by atoms with Gasteiger partial charge in [-0.1, -0.05) is 20.8 Å². The van der Waals surface area contributed by atoms with Crippen LogP contribution < -0.4 is 0 Å². The standard InChI is InChI=1S/C34H65NO5Si3/c1-23(14-17-31(36)37-4)26-15-16-27-32-28(22-30(34(26,27)3)35-40-43(11,12)13)33(2)19-18-25(38-41(5,6)7)20-24(33)21-29(32)39-42(8,9)10/h23-29,32H,14-22H2,1-13H3/b35-30+/t23?,24-,25+,26?,27?,28?,29?,32?,33?,34?/m0/s1. The van der Waals surface area contributed by atoms with Crippen molar-refractivity contribution in [2.75, 3.05) is 7.11 Å². The van der Waals surface area contributed by atoms with E-state index in [0.717, 1.165) is 12.8 Å². The van der Waals surface area contributed by atoms with Gasteiger partial charge in [-0.15, -0.1) is 5.16 Å². The molecule has 0 aromatic rings. The first-order valence-corrected chi connectivity index (χ1v) is 27.6. The largest absolute Gasteiger partial charge is 0.469 e. The average Bonchev–Trinajstić information content (AvgIpc) is 3.22. The van der Waals surface area contributed by atoms with Crippen LogP contribution in [0.4, 0.5) is 0 Å². The van der Waals surface area contributed by atoms with E-state index in [4.69, 9.17) is 23.3 Å². The van der Waals surface area contributed by atoms with Gasteiger partial charge < -0.3 is 18.1 Å². The van der Waals surface area contributed by atoms with Gasteiger partial charge in [-0.25, -0.2) is 0 Å². The molecule has 0 heterocycles. The number of hydrogen-bond acceptors (Lipinski definition) is 6. The molecular formula is C34H65NO5Si3. The molecule has 0 amide bonds. The highest BCUT2D eigenvalue weighted by Gasteiger charge is 2.66. The molecule has 43 heavy (non-hydrogen) atoms. The van der Waals surface area contributed by atoms with Gasteiger partial charge in [0.2, 0.25) is 0 Å². The Balaban J connectivity index is 1.75. The van der Waals surface area contributed by atoms with Gasteiger partial charge >= 0.3 is 5.97 Å². The van der Waals surface area contributed by atoms with Crippen LogP contribution in [0.1, 0.15) is 78.6 Å². The second-order valence-electron chi connectivity index (χ2n) is 18.1. The molecule has 0 aromatic carbocycles. The molecule has 10 atom stereocenters. The van der Waals surface area contributed by atoms with E-state index in [1.165, 1.54) is 51.3 Å². The number of carbonyl (C=O) groups is 1. The van der Waals surface area contributed by atoms with Crippen LogP contribution in [0.5, 0.6) is 0 Å². The van der Waals surface area contributed by atoms with Gasteiger partial charge in [0.25, 0.3) is 8.32 Å². The third kappa shape index (κ3) is 7.74. The molecule has 9 heteroatoms. The summed E-state index contributed by atoms with van der Waals surface area (Å²) in [6.07, 6.45) is 10.2. The van der Waals surface area contributed by atoms with Gasteiger partial charge in [-0.3, -0.25) is 4.79 Å². The summed E-state index contributed by atoms with van der Waals surface area (Å²) in [5, 5.41) is 5.17. The highest BCUT2D eigenvalue weighted by molar-refractivity contribution is 6.70. The predicted molar refractivity (Wildman–Crippen MR) is 185 cm³/mol. The van der Waals surface area contributed by atoms with Crippen LogP contribution in [0.25, 0.3) is 0 Å². The molecular weight excluding hydrogens is 587 g/mol. The third-order valence-corrected chi connectivity index (χ3v) is 14.4. The maximum Gasteiger partial charge on any atom is 0.305 e. The van der Waals surface area contributed by atoms with E-state index >= 15 is 0 Å². The van der Waals surface area contributed by atoms with Gasteiger partial charge in [-0.2, -0.15) is 0 Å². The first-order valence-electron chi connectivity index (χ1n) is 17.4. The lowest BCUT2D eigenvalue weighted by Crippen LogP contribution is -2.63. The van der Waals surface area contributed by atoms with Crippen LogP contribution in [0.15, 0.2) is 5.16 Å². The van der Waals surface area contributed by atoms with Crippen molar-refractivity contribution in [2.24, 2.45) is 51.5 Å². The van der Waals surface area contributed by atoms with Crippen molar-refractivity contribution < 1.29 is 22.9 Å². The second kappa shape index (κ2) is 12.6. The van der Waals surface area contributed by atoms with E-state index in [2.05, 4.69) is 79.7 Å². The van der Waals surface area contributed by atoms with Crippen LogP contribution in [0.3, 0.4) is 0 Å². The maximum absolute atomic E-state index is 12.1. The Morgan fingerprint density at radius 1 is 0.907 bits per heavy atom. The molecule has 0 radical (unpaired) electrons. The van der Waals surface area contributed by atoms with Crippen LogP contribution in [0.2, 0.25) is 58.9 Å². The fraction of sp³-hybridized carbons (Fsp3) is 0.941. The zero-order valence-electron chi connectivity index (χ0n) is 30.0. The fourth-order valence-electron chi connectivity index (χ4n) is 10.0. The van der Waals surface area contributed by atoms with E-state index in [1.807, 2.05) is 0 Å². The van der Waals surface area contributed by atoms with Crippen molar-refractivity contribution in [1.29, 1.82) is 0 Å². The Kier molecular flexibility index (Phi) is 10.4. The minimum absolute atomic E-state index is 0.0429. The third-order valence-electron chi connectivity index (χ3n) is 11.7. The summed E-state index contributed by atoms with van der Waals surface area (Å²) >= 11 is 0. The van der Waals surface area contributed by atoms with Crippen molar-refractivity contribution in [3.05, 3.63) is 0 Å². The van der Waals surface area contributed by atoms with E-state index in [9.17, 15) is 4.79 Å². The monoisotopic (exact) mass is 651 g/mol. The number of fused-ring (bicyclic) bond motifs is 5. The SMILES string of the molecule is COC(=O)CCC(C)C1CCC2C3C(O[Si](C)(C)C)C[C@@H]4C[C@H](O[Si](C)(C)C)CCC4(C)C3C/C(=N\O[Si](C)(C)C)C12C. The molecule has 4 aliphatic carbocycles. The van der Waals surface area contributed by atoms with Gasteiger partial charge in [0.15, 0.2) is 16.6 Å². The lowest BCUT2D eigenvalue weighted by molar-refractivity contribution is -0.144. The Morgan fingerprint density at radius 2 is 1.56 bits per heavy atom. The Hall–Kier alpha value is -0.489. The van der Waals surface area contributed by atoms with Crippen LogP contribution in [0, 0.1) is 46.3 Å². The average molecular weight is 652 g/mol. The number of nitrogens with zero attached hydrogens (tertiary/aromatic N) is 1. The van der Waals surface area contributed by atoms with Crippen molar-refractivity contribution in [1.82, 2.24) is 0 Å². The zero-order chi connectivity index (χ0) is 32.2. The lowest BCUT2D eigenvalue weighted by atomic mass is 9.43. The molecule has 0 saturated heterocycles. The molecule has 8 unspecified atom stereocenters. The Bertz CT molecular complexity index is 1030. The molecule has 0 aliphatic heterocycles. The number of methoxy groups -OCH3 is 1. The first-order chi connectivity index (χ1) is 19.7. The highest BCUT2D eigenvalue weighted by Crippen LogP contribution is 2.68. The second-order valence-corrected chi connectivity index (χ2v) is 31.5. The van der Waals surface area contributed by atoms with Gasteiger partial charge in [0, 0.05) is 24.0 Å². The normalized spacial score (nSPS) is 39.9. The number of hydrogen-bond donors (Lipinski definition) is 0. The van der Waals surface area contributed by atoms with E-state index in [0.29, 0.717) is 54.1 Å². The van der Waals surface area contributed by atoms with Crippen LogP contribution >= 0.6 is 0 Å². The topological polar surface area (TPSA) is 66.4 Å². The number of esters is 1. The van der Waals surface area contributed by atoms with Crippen LogP contribution in [-0.2, 0) is 22.9 Å². The molecule has 4 aliphatic rings. The number of oxime groups is 1. The minimum atomic E-state index is -1.86. The Labute approximate surface area is 267 Å². The molecule has 0 N–H and O–H groups in total. The quantitative estimate of drug-likeness (QED) is 0.134. The van der Waals surface area contributed by atoms with Crippen molar-refractivity contribution in [2.45, 2.75) is 150 Å². The molecule has 0 aromatic heterocycles. The summed E-state index contributed by atoms with van der Waals surface area (Å²) < 4.78 is 25.4. The summed E-state index contributed by atoms with van der Waals surface area (Å²) in [5.41, 5.74) is 1.53. The molecule has 6 nitrogen and oxygen atoms in total. The summed E-state index contributed by atoms with van der Waals surface area (Å²) in [7, 11) is -3.74. The van der Waals surface area contributed by atoms with Gasteiger partial charge in [0.05, 0.1) is 12.8 Å². The summed E-state index contributed by atoms with van der Waals surface area (Å²) in [6, 6.07) is 0. The minimum Gasteiger partial charge on any atom is -0.469 e. The van der Waals surface area contributed by atoms with Crippen molar-refractivity contribution in [3.8, 4) is 0 Å². The maximum atomic E-state index is 12.1. The lowest BCUT2D eigenvalue weighted by Gasteiger charge is -2.64. The number of ether oxygens (including phenoxy) is 1. The van der Waals surface area contributed by atoms with Crippen molar-refractivity contribution >= 4 is 36.6 Å². The molecule has 4 saturated carbocycles. The summed E-state index contributed by atoms with van der Waals surface area (Å²) in [5.74, 6) is 3.02. The summed E-state index contributed by atoms with van der Waals surface area (Å²) in [6.45, 7) is 28.3. The van der Waals surface area contributed by atoms with E-state index < -0.39 is 25.0 Å². The molecule has 0 spiro atoms. The molecule has 248 valence electrons. The number of rotatable bonds is 10. The smallest absolute Gasteiger partial charge is 0.305 e.